The number of hydrogen-bond donors (Lipinski definition) is 1. The smallest absolute Gasteiger partial charge is 0.327 e. The van der Waals surface area contributed by atoms with Gasteiger partial charge in [-0.05, 0) is 6.42 Å². The molecule has 2 heterocycles. The molecule has 1 aliphatic heterocycles. The molecule has 1 aromatic rings. The molecule has 0 radical (unpaired) electrons. The lowest BCUT2D eigenvalue weighted by atomic mass is 10.2. The highest BCUT2D eigenvalue weighted by Gasteiger charge is 2.41. The maximum atomic E-state index is 12.3. The van der Waals surface area contributed by atoms with Gasteiger partial charge in [0.05, 0.1) is 11.7 Å². The third-order valence-electron chi connectivity index (χ3n) is 2.89. The van der Waals surface area contributed by atoms with Crippen LogP contribution in [-0.4, -0.2) is 48.6 Å². The third-order valence-corrected chi connectivity index (χ3v) is 4.34. The molecule has 1 saturated heterocycles. The van der Waals surface area contributed by atoms with Crippen molar-refractivity contribution in [2.24, 2.45) is 7.05 Å². The lowest BCUT2D eigenvalue weighted by Crippen LogP contribution is -2.45. The van der Waals surface area contributed by atoms with E-state index >= 15 is 0 Å². The molecule has 18 heavy (non-hydrogen) atoms. The van der Waals surface area contributed by atoms with Crippen LogP contribution in [0.4, 0.5) is 0 Å². The quantitative estimate of drug-likeness (QED) is 0.878. The minimum absolute atomic E-state index is 0.0828. The molecule has 0 spiro atoms. The van der Waals surface area contributed by atoms with E-state index in [0.717, 1.165) is 6.42 Å². The first-order valence-corrected chi connectivity index (χ1v) is 6.74. The van der Waals surface area contributed by atoms with Gasteiger partial charge in [0.25, 0.3) is 5.91 Å². The van der Waals surface area contributed by atoms with Crippen molar-refractivity contribution >= 4 is 23.6 Å². The normalized spacial score (nSPS) is 23.3. The molecule has 2 atom stereocenters. The predicted molar refractivity (Wildman–Crippen MR) is 67.3 cm³/mol. The molecule has 0 aromatic carbocycles. The van der Waals surface area contributed by atoms with E-state index in [1.807, 2.05) is 6.92 Å². The molecule has 1 N–H and O–H groups in total. The number of rotatable bonds is 3. The summed E-state index contributed by atoms with van der Waals surface area (Å²) in [6.07, 6.45) is 3.87. The summed E-state index contributed by atoms with van der Waals surface area (Å²) in [5, 5.41) is 9.08. The average Bonchev–Trinajstić information content (AvgIpc) is 2.93. The monoisotopic (exact) mass is 269 g/mol. The Balaban J connectivity index is 2.27. The summed E-state index contributed by atoms with van der Waals surface area (Å²) >= 11 is 1.51. The lowest BCUT2D eigenvalue weighted by Gasteiger charge is -2.25. The third kappa shape index (κ3) is 2.22. The molecular formula is C11H15N3O3S. The maximum Gasteiger partial charge on any atom is 0.327 e. The van der Waals surface area contributed by atoms with Gasteiger partial charge in [-0.15, -0.1) is 11.8 Å². The summed E-state index contributed by atoms with van der Waals surface area (Å²) in [6.45, 7) is 1.95. The number of aryl methyl sites for hydroxylation is 1. The number of imidazole rings is 1. The van der Waals surface area contributed by atoms with E-state index in [1.165, 1.54) is 23.0 Å². The van der Waals surface area contributed by atoms with Crippen molar-refractivity contribution in [1.82, 2.24) is 14.5 Å². The number of hydrogen-bond acceptors (Lipinski definition) is 4. The molecule has 6 nitrogen and oxygen atoms in total. The fourth-order valence-corrected chi connectivity index (χ4v) is 3.34. The van der Waals surface area contributed by atoms with Crippen LogP contribution < -0.4 is 0 Å². The van der Waals surface area contributed by atoms with Crippen molar-refractivity contribution in [2.75, 3.05) is 5.75 Å². The molecule has 0 bridgehead atoms. The van der Waals surface area contributed by atoms with Gasteiger partial charge in [-0.25, -0.2) is 9.78 Å². The summed E-state index contributed by atoms with van der Waals surface area (Å²) in [7, 11) is 1.77. The van der Waals surface area contributed by atoms with Gasteiger partial charge in [0.1, 0.15) is 11.7 Å². The van der Waals surface area contributed by atoms with Gasteiger partial charge in [0.2, 0.25) is 0 Å². The molecule has 1 fully saturated rings. The first kappa shape index (κ1) is 12.9. The maximum absolute atomic E-state index is 12.3. The summed E-state index contributed by atoms with van der Waals surface area (Å²) in [4.78, 5) is 28.9. The van der Waals surface area contributed by atoms with Crippen LogP contribution in [0.15, 0.2) is 12.5 Å². The van der Waals surface area contributed by atoms with Gasteiger partial charge in [-0.1, -0.05) is 6.92 Å². The highest BCUT2D eigenvalue weighted by molar-refractivity contribution is 8.00. The second kappa shape index (κ2) is 5.01. The number of carbonyl (C=O) groups excluding carboxylic acids is 1. The Kier molecular flexibility index (Phi) is 3.60. The van der Waals surface area contributed by atoms with E-state index in [-0.39, 0.29) is 11.3 Å². The van der Waals surface area contributed by atoms with Gasteiger partial charge < -0.3 is 14.6 Å². The molecule has 1 aliphatic rings. The molecular weight excluding hydrogens is 254 g/mol. The van der Waals surface area contributed by atoms with Gasteiger partial charge in [0, 0.05) is 19.0 Å². The van der Waals surface area contributed by atoms with E-state index in [4.69, 9.17) is 5.11 Å². The Hall–Kier alpha value is -1.50. The molecule has 0 saturated carbocycles. The predicted octanol–water partition coefficient (Wildman–Crippen LogP) is 0.798. The highest BCUT2D eigenvalue weighted by atomic mass is 32.2. The zero-order valence-corrected chi connectivity index (χ0v) is 11.1. The first-order valence-electron chi connectivity index (χ1n) is 5.69. The number of carboxylic acids is 1. The fourth-order valence-electron chi connectivity index (χ4n) is 2.00. The topological polar surface area (TPSA) is 75.4 Å². The molecule has 0 aliphatic carbocycles. The van der Waals surface area contributed by atoms with E-state index in [0.29, 0.717) is 11.4 Å². The van der Waals surface area contributed by atoms with E-state index < -0.39 is 12.0 Å². The van der Waals surface area contributed by atoms with Crippen molar-refractivity contribution in [3.05, 3.63) is 18.2 Å². The number of nitrogens with zero attached hydrogens (tertiary/aromatic N) is 3. The number of aliphatic carboxylic acids is 1. The lowest BCUT2D eigenvalue weighted by molar-refractivity contribution is -0.141. The molecule has 7 heteroatoms. The van der Waals surface area contributed by atoms with Gasteiger partial charge >= 0.3 is 5.97 Å². The Bertz CT molecular complexity index is 474. The molecule has 1 aromatic heterocycles. The second-order valence-corrected chi connectivity index (χ2v) is 5.40. The minimum Gasteiger partial charge on any atom is -0.480 e. The number of thioether (sulfide) groups is 1. The van der Waals surface area contributed by atoms with Crippen LogP contribution in [0.2, 0.25) is 0 Å². The van der Waals surface area contributed by atoms with Gasteiger partial charge in [0.15, 0.2) is 0 Å². The van der Waals surface area contributed by atoms with E-state index in [1.54, 1.807) is 17.8 Å². The summed E-state index contributed by atoms with van der Waals surface area (Å²) < 4.78 is 1.67. The van der Waals surface area contributed by atoms with Crippen LogP contribution in [0, 0.1) is 0 Å². The molecule has 98 valence electrons. The molecule has 2 rings (SSSR count). The minimum atomic E-state index is -0.956. The van der Waals surface area contributed by atoms with Gasteiger partial charge in [-0.3, -0.25) is 4.79 Å². The summed E-state index contributed by atoms with van der Waals surface area (Å²) in [5.74, 6) is -0.825. The molecule has 2 unspecified atom stereocenters. The molecule has 1 amide bonds. The number of aromatic nitrogens is 2. The zero-order chi connectivity index (χ0) is 13.3. The fraction of sp³-hybridized carbons (Fsp3) is 0.545. The van der Waals surface area contributed by atoms with Crippen molar-refractivity contribution in [3.8, 4) is 0 Å². The number of amides is 1. The van der Waals surface area contributed by atoms with Crippen LogP contribution in [0.1, 0.15) is 23.8 Å². The SMILES string of the molecule is CCC1SCC(C(=O)O)N1C(=O)c1cn(C)cn1. The number of carbonyl (C=O) groups is 2. The van der Waals surface area contributed by atoms with Crippen LogP contribution in [-0.2, 0) is 11.8 Å². The van der Waals surface area contributed by atoms with Crippen molar-refractivity contribution < 1.29 is 14.7 Å². The van der Waals surface area contributed by atoms with Crippen molar-refractivity contribution in [2.45, 2.75) is 24.8 Å². The van der Waals surface area contributed by atoms with Crippen molar-refractivity contribution in [1.29, 1.82) is 0 Å². The van der Waals surface area contributed by atoms with Crippen LogP contribution >= 0.6 is 11.8 Å². The highest BCUT2D eigenvalue weighted by Crippen LogP contribution is 2.32. The van der Waals surface area contributed by atoms with E-state index in [9.17, 15) is 9.59 Å². The zero-order valence-electron chi connectivity index (χ0n) is 10.2. The van der Waals surface area contributed by atoms with Gasteiger partial charge in [-0.2, -0.15) is 0 Å². The summed E-state index contributed by atoms with van der Waals surface area (Å²) in [6, 6.07) is -0.755. The Morgan fingerprint density at radius 3 is 2.83 bits per heavy atom. The van der Waals surface area contributed by atoms with Crippen LogP contribution in [0.5, 0.6) is 0 Å². The average molecular weight is 269 g/mol. The first-order chi connectivity index (χ1) is 8.54. The Morgan fingerprint density at radius 1 is 1.61 bits per heavy atom. The Labute approximate surface area is 109 Å². The summed E-state index contributed by atoms with van der Waals surface area (Å²) in [5.41, 5.74) is 0.296. The van der Waals surface area contributed by atoms with E-state index in [2.05, 4.69) is 4.98 Å². The Morgan fingerprint density at radius 2 is 2.33 bits per heavy atom. The second-order valence-electron chi connectivity index (χ2n) is 4.19. The van der Waals surface area contributed by atoms with Crippen LogP contribution in [0.25, 0.3) is 0 Å². The van der Waals surface area contributed by atoms with Crippen LogP contribution in [0.3, 0.4) is 0 Å². The standard InChI is InChI=1S/C11H15N3O3S/c1-3-9-14(8(5-18-9)11(16)17)10(15)7-4-13(2)6-12-7/h4,6,8-9H,3,5H2,1-2H3,(H,16,17). The number of carboxylic acid groups (broad SMARTS) is 1. The largest absolute Gasteiger partial charge is 0.480 e. The van der Waals surface area contributed by atoms with Crippen molar-refractivity contribution in [3.63, 3.8) is 0 Å².